The summed E-state index contributed by atoms with van der Waals surface area (Å²) in [4.78, 5) is 0. The maximum atomic E-state index is 6.17. The van der Waals surface area contributed by atoms with Crippen LogP contribution < -0.4 is 9.47 Å². The standard InChI is InChI=1S/C11H14Cl2O2/c1-6(2)9-10(12)7(14-3)5-8(15-4)11(9)13/h5-6H,1-4H3. The number of hydrogen-bond donors (Lipinski definition) is 0. The summed E-state index contributed by atoms with van der Waals surface area (Å²) in [5.74, 6) is 1.39. The quantitative estimate of drug-likeness (QED) is 0.801. The van der Waals surface area contributed by atoms with Gasteiger partial charge in [-0.25, -0.2) is 0 Å². The Morgan fingerprint density at radius 1 is 1.00 bits per heavy atom. The molecule has 0 aromatic heterocycles. The average molecular weight is 249 g/mol. The SMILES string of the molecule is COc1cc(OC)c(Cl)c(C(C)C)c1Cl. The van der Waals surface area contributed by atoms with Gasteiger partial charge in [-0.2, -0.15) is 0 Å². The van der Waals surface area contributed by atoms with Crippen molar-refractivity contribution in [3.8, 4) is 11.5 Å². The molecule has 15 heavy (non-hydrogen) atoms. The predicted molar refractivity (Wildman–Crippen MR) is 63.7 cm³/mol. The molecule has 0 saturated carbocycles. The molecule has 0 saturated heterocycles. The zero-order valence-corrected chi connectivity index (χ0v) is 10.7. The summed E-state index contributed by atoms with van der Waals surface area (Å²) in [6, 6.07) is 1.69. The summed E-state index contributed by atoms with van der Waals surface area (Å²) in [5, 5.41) is 1.11. The van der Waals surface area contributed by atoms with Crippen LogP contribution in [0.3, 0.4) is 0 Å². The highest BCUT2D eigenvalue weighted by Crippen LogP contribution is 2.43. The lowest BCUT2D eigenvalue weighted by molar-refractivity contribution is 0.393. The van der Waals surface area contributed by atoms with E-state index in [0.29, 0.717) is 21.5 Å². The zero-order valence-electron chi connectivity index (χ0n) is 9.23. The molecule has 0 radical (unpaired) electrons. The van der Waals surface area contributed by atoms with Crippen molar-refractivity contribution in [3.05, 3.63) is 21.7 Å². The van der Waals surface area contributed by atoms with E-state index < -0.39 is 0 Å². The number of hydrogen-bond acceptors (Lipinski definition) is 2. The van der Waals surface area contributed by atoms with Crippen molar-refractivity contribution in [2.24, 2.45) is 0 Å². The monoisotopic (exact) mass is 248 g/mol. The summed E-state index contributed by atoms with van der Waals surface area (Å²) < 4.78 is 10.3. The molecular weight excluding hydrogens is 235 g/mol. The average Bonchev–Trinajstić information content (AvgIpc) is 2.18. The Hall–Kier alpha value is -0.600. The van der Waals surface area contributed by atoms with Crippen LogP contribution in [0.1, 0.15) is 25.3 Å². The van der Waals surface area contributed by atoms with Crippen molar-refractivity contribution in [2.75, 3.05) is 14.2 Å². The van der Waals surface area contributed by atoms with Crippen LogP contribution in [0, 0.1) is 0 Å². The van der Waals surface area contributed by atoms with E-state index in [1.165, 1.54) is 0 Å². The third-order valence-electron chi connectivity index (χ3n) is 2.18. The van der Waals surface area contributed by atoms with Gasteiger partial charge >= 0.3 is 0 Å². The first kappa shape index (κ1) is 12.5. The molecule has 0 N–H and O–H groups in total. The molecule has 84 valence electrons. The van der Waals surface area contributed by atoms with Crippen molar-refractivity contribution < 1.29 is 9.47 Å². The Morgan fingerprint density at radius 3 is 1.67 bits per heavy atom. The molecule has 0 aliphatic heterocycles. The van der Waals surface area contributed by atoms with Gasteiger partial charge in [0.15, 0.2) is 0 Å². The number of halogens is 2. The highest BCUT2D eigenvalue weighted by atomic mass is 35.5. The van der Waals surface area contributed by atoms with Crippen LogP contribution in [0.15, 0.2) is 6.07 Å². The van der Waals surface area contributed by atoms with E-state index in [0.717, 1.165) is 5.56 Å². The summed E-state index contributed by atoms with van der Waals surface area (Å²) >= 11 is 12.3. The van der Waals surface area contributed by atoms with Crippen LogP contribution >= 0.6 is 23.2 Å². The third kappa shape index (κ3) is 2.32. The van der Waals surface area contributed by atoms with Gasteiger partial charge in [0.1, 0.15) is 11.5 Å². The first-order valence-electron chi connectivity index (χ1n) is 4.62. The summed E-state index contributed by atoms with van der Waals surface area (Å²) in [6.07, 6.45) is 0. The van der Waals surface area contributed by atoms with Gasteiger partial charge in [0.05, 0.1) is 24.3 Å². The van der Waals surface area contributed by atoms with E-state index in [9.17, 15) is 0 Å². The molecule has 2 nitrogen and oxygen atoms in total. The fraction of sp³-hybridized carbons (Fsp3) is 0.455. The third-order valence-corrected chi connectivity index (χ3v) is 2.96. The van der Waals surface area contributed by atoms with Crippen molar-refractivity contribution >= 4 is 23.2 Å². The second kappa shape index (κ2) is 4.95. The number of benzene rings is 1. The topological polar surface area (TPSA) is 18.5 Å². The van der Waals surface area contributed by atoms with Crippen LogP contribution in [0.4, 0.5) is 0 Å². The number of rotatable bonds is 3. The van der Waals surface area contributed by atoms with E-state index in [2.05, 4.69) is 0 Å². The lowest BCUT2D eigenvalue weighted by Gasteiger charge is -2.16. The van der Waals surface area contributed by atoms with Crippen molar-refractivity contribution in [1.29, 1.82) is 0 Å². The first-order chi connectivity index (χ1) is 7.02. The van der Waals surface area contributed by atoms with Crippen LogP contribution in [0.25, 0.3) is 0 Å². The molecule has 0 aliphatic rings. The molecule has 0 bridgehead atoms. The molecule has 0 aliphatic carbocycles. The number of methoxy groups -OCH3 is 2. The van der Waals surface area contributed by atoms with Gasteiger partial charge < -0.3 is 9.47 Å². The van der Waals surface area contributed by atoms with Crippen LogP contribution in [0.5, 0.6) is 11.5 Å². The van der Waals surface area contributed by atoms with Gasteiger partial charge in [-0.15, -0.1) is 0 Å². The molecule has 0 unspecified atom stereocenters. The molecule has 1 rings (SSSR count). The van der Waals surface area contributed by atoms with E-state index in [-0.39, 0.29) is 5.92 Å². The summed E-state index contributed by atoms with van der Waals surface area (Å²) in [5.41, 5.74) is 0.856. The Bertz CT molecular complexity index is 334. The van der Waals surface area contributed by atoms with E-state index >= 15 is 0 Å². The lowest BCUT2D eigenvalue weighted by Crippen LogP contribution is -1.97. The largest absolute Gasteiger partial charge is 0.495 e. The molecule has 0 spiro atoms. The van der Waals surface area contributed by atoms with Gasteiger partial charge in [-0.05, 0) is 11.5 Å². The maximum Gasteiger partial charge on any atom is 0.141 e. The van der Waals surface area contributed by atoms with Crippen molar-refractivity contribution in [3.63, 3.8) is 0 Å². The highest BCUT2D eigenvalue weighted by molar-refractivity contribution is 6.38. The van der Waals surface area contributed by atoms with Crippen LogP contribution in [0.2, 0.25) is 10.0 Å². The highest BCUT2D eigenvalue weighted by Gasteiger charge is 2.18. The molecule has 0 heterocycles. The lowest BCUT2D eigenvalue weighted by atomic mass is 10.0. The van der Waals surface area contributed by atoms with Gasteiger partial charge in [-0.3, -0.25) is 0 Å². The molecule has 0 amide bonds. The van der Waals surface area contributed by atoms with Gasteiger partial charge in [0.25, 0.3) is 0 Å². The van der Waals surface area contributed by atoms with Gasteiger partial charge in [0, 0.05) is 6.07 Å². The number of ether oxygens (including phenoxy) is 2. The predicted octanol–water partition coefficient (Wildman–Crippen LogP) is 4.13. The Kier molecular flexibility index (Phi) is 4.12. The smallest absolute Gasteiger partial charge is 0.141 e. The first-order valence-corrected chi connectivity index (χ1v) is 5.38. The van der Waals surface area contributed by atoms with Gasteiger partial charge in [-0.1, -0.05) is 37.0 Å². The van der Waals surface area contributed by atoms with Gasteiger partial charge in [0.2, 0.25) is 0 Å². The molecular formula is C11H14Cl2O2. The van der Waals surface area contributed by atoms with Crippen molar-refractivity contribution in [2.45, 2.75) is 19.8 Å². The van der Waals surface area contributed by atoms with E-state index in [4.69, 9.17) is 32.7 Å². The molecule has 0 atom stereocenters. The zero-order chi connectivity index (χ0) is 11.6. The van der Waals surface area contributed by atoms with Crippen LogP contribution in [-0.4, -0.2) is 14.2 Å². The fourth-order valence-electron chi connectivity index (χ4n) is 1.41. The summed E-state index contributed by atoms with van der Waals surface area (Å²) in [6.45, 7) is 4.04. The maximum absolute atomic E-state index is 6.17. The minimum Gasteiger partial charge on any atom is -0.495 e. The second-order valence-electron chi connectivity index (χ2n) is 3.48. The fourth-order valence-corrected chi connectivity index (χ4v) is 2.35. The Labute approximate surface area is 100 Å². The van der Waals surface area contributed by atoms with E-state index in [1.54, 1.807) is 20.3 Å². The normalized spacial score (nSPS) is 10.6. The molecule has 4 heteroatoms. The van der Waals surface area contributed by atoms with Crippen molar-refractivity contribution in [1.82, 2.24) is 0 Å². The minimum absolute atomic E-state index is 0.217. The molecule has 1 aromatic carbocycles. The minimum atomic E-state index is 0.217. The second-order valence-corrected chi connectivity index (χ2v) is 4.23. The van der Waals surface area contributed by atoms with E-state index in [1.807, 2.05) is 13.8 Å². The Morgan fingerprint density at radius 2 is 1.40 bits per heavy atom. The molecule has 1 aromatic rings. The van der Waals surface area contributed by atoms with Crippen LogP contribution in [-0.2, 0) is 0 Å². The summed E-state index contributed by atoms with van der Waals surface area (Å²) in [7, 11) is 3.14. The molecule has 0 fully saturated rings. The Balaban J connectivity index is 3.46.